The molecule has 1 fully saturated rings. The predicted molar refractivity (Wildman–Crippen MR) is 71.4 cm³/mol. The molecule has 0 aromatic carbocycles. The summed E-state index contributed by atoms with van der Waals surface area (Å²) in [5, 5.41) is 3.64. The predicted octanol–water partition coefficient (Wildman–Crippen LogP) is 2.63. The normalized spacial score (nSPS) is 28.3. The van der Waals surface area contributed by atoms with Crippen LogP contribution in [0.1, 0.15) is 46.5 Å². The maximum atomic E-state index is 5.78. The first kappa shape index (κ1) is 14.0. The molecule has 0 bridgehead atoms. The van der Waals surface area contributed by atoms with Gasteiger partial charge in [0.05, 0.1) is 0 Å². The summed E-state index contributed by atoms with van der Waals surface area (Å²) < 4.78 is 0. The second-order valence-corrected chi connectivity index (χ2v) is 5.92. The summed E-state index contributed by atoms with van der Waals surface area (Å²) in [5.41, 5.74) is 5.78. The van der Waals surface area contributed by atoms with Gasteiger partial charge in [0, 0.05) is 0 Å². The molecule has 0 aromatic rings. The van der Waals surface area contributed by atoms with Crippen LogP contribution in [0.3, 0.4) is 0 Å². The molecule has 1 aliphatic rings. The molecule has 3 N–H and O–H groups in total. The molecule has 0 radical (unpaired) electrons. The van der Waals surface area contributed by atoms with Crippen LogP contribution in [0.4, 0.5) is 0 Å². The van der Waals surface area contributed by atoms with E-state index in [0.29, 0.717) is 11.8 Å². The van der Waals surface area contributed by atoms with Crippen molar-refractivity contribution in [2.75, 3.05) is 19.6 Å². The fraction of sp³-hybridized carbons (Fsp3) is 1.00. The zero-order valence-electron chi connectivity index (χ0n) is 11.3. The van der Waals surface area contributed by atoms with Crippen LogP contribution in [-0.2, 0) is 0 Å². The van der Waals surface area contributed by atoms with Crippen molar-refractivity contribution in [1.29, 1.82) is 0 Å². The van der Waals surface area contributed by atoms with Gasteiger partial charge >= 0.3 is 0 Å². The zero-order valence-corrected chi connectivity index (χ0v) is 11.3. The van der Waals surface area contributed by atoms with E-state index in [1.54, 1.807) is 0 Å². The minimum Gasteiger partial charge on any atom is -0.330 e. The topological polar surface area (TPSA) is 38.0 Å². The molecule has 0 heterocycles. The highest BCUT2D eigenvalue weighted by Gasteiger charge is 2.21. The largest absolute Gasteiger partial charge is 0.330 e. The van der Waals surface area contributed by atoms with Crippen LogP contribution in [0.2, 0.25) is 0 Å². The Kier molecular flexibility index (Phi) is 6.37. The van der Waals surface area contributed by atoms with E-state index in [1.807, 2.05) is 0 Å². The van der Waals surface area contributed by atoms with Crippen molar-refractivity contribution < 1.29 is 0 Å². The van der Waals surface area contributed by atoms with E-state index in [2.05, 4.69) is 26.1 Å². The molecule has 0 aliphatic heterocycles. The van der Waals surface area contributed by atoms with Crippen LogP contribution >= 0.6 is 0 Å². The van der Waals surface area contributed by atoms with E-state index >= 15 is 0 Å². The minimum absolute atomic E-state index is 0.638. The molecule has 1 saturated carbocycles. The van der Waals surface area contributed by atoms with Gasteiger partial charge in [-0.25, -0.2) is 0 Å². The zero-order chi connectivity index (χ0) is 12.0. The highest BCUT2D eigenvalue weighted by atomic mass is 14.9. The molecule has 16 heavy (non-hydrogen) atoms. The van der Waals surface area contributed by atoms with Crippen molar-refractivity contribution in [3.8, 4) is 0 Å². The molecule has 2 heteroatoms. The molecule has 1 aliphatic carbocycles. The van der Waals surface area contributed by atoms with E-state index in [1.165, 1.54) is 32.2 Å². The van der Waals surface area contributed by atoms with Gasteiger partial charge in [-0.3, -0.25) is 0 Å². The van der Waals surface area contributed by atoms with Crippen molar-refractivity contribution in [2.24, 2.45) is 29.4 Å². The standard InChI is InChI=1S/C14H30N2/c1-11(2)14(8-15)10-16-9-13-7-5-4-6-12(13)3/h11-14,16H,4-10,15H2,1-3H3. The average Bonchev–Trinajstić information content (AvgIpc) is 2.26. The number of hydrogen-bond acceptors (Lipinski definition) is 2. The van der Waals surface area contributed by atoms with Crippen molar-refractivity contribution in [2.45, 2.75) is 46.5 Å². The third-order valence-corrected chi connectivity index (χ3v) is 4.35. The van der Waals surface area contributed by atoms with Gasteiger partial charge in [0.2, 0.25) is 0 Å². The first-order valence-electron chi connectivity index (χ1n) is 7.06. The van der Waals surface area contributed by atoms with Crippen molar-refractivity contribution in [3.63, 3.8) is 0 Å². The first-order valence-corrected chi connectivity index (χ1v) is 7.06. The molecule has 3 unspecified atom stereocenters. The van der Waals surface area contributed by atoms with Crippen LogP contribution in [0, 0.1) is 23.7 Å². The third kappa shape index (κ3) is 4.42. The smallest absolute Gasteiger partial charge is 0.000589 e. The van der Waals surface area contributed by atoms with Gasteiger partial charge in [0.15, 0.2) is 0 Å². The van der Waals surface area contributed by atoms with Crippen LogP contribution in [0.25, 0.3) is 0 Å². The molecule has 2 nitrogen and oxygen atoms in total. The van der Waals surface area contributed by atoms with Crippen LogP contribution < -0.4 is 11.1 Å². The Bertz CT molecular complexity index is 180. The lowest BCUT2D eigenvalue weighted by Crippen LogP contribution is -2.36. The lowest BCUT2D eigenvalue weighted by molar-refractivity contribution is 0.240. The second-order valence-electron chi connectivity index (χ2n) is 5.92. The van der Waals surface area contributed by atoms with E-state index < -0.39 is 0 Å². The molecule has 0 spiro atoms. The SMILES string of the molecule is CC(C)C(CN)CNCC1CCCCC1C. The summed E-state index contributed by atoms with van der Waals surface area (Å²) in [7, 11) is 0. The van der Waals surface area contributed by atoms with E-state index in [9.17, 15) is 0 Å². The first-order chi connectivity index (χ1) is 7.65. The Morgan fingerprint density at radius 1 is 1.25 bits per heavy atom. The lowest BCUT2D eigenvalue weighted by Gasteiger charge is -2.30. The number of hydrogen-bond donors (Lipinski definition) is 2. The maximum Gasteiger partial charge on any atom is -0.000589 e. The Balaban J connectivity index is 2.18. The Morgan fingerprint density at radius 2 is 1.94 bits per heavy atom. The number of nitrogens with one attached hydrogen (secondary N) is 1. The van der Waals surface area contributed by atoms with E-state index in [-0.39, 0.29) is 0 Å². The van der Waals surface area contributed by atoms with Gasteiger partial charge in [0.25, 0.3) is 0 Å². The second kappa shape index (κ2) is 7.29. The van der Waals surface area contributed by atoms with Crippen molar-refractivity contribution in [3.05, 3.63) is 0 Å². The minimum atomic E-state index is 0.638. The molecular formula is C14H30N2. The molecule has 0 aromatic heterocycles. The van der Waals surface area contributed by atoms with Crippen LogP contribution in [0.5, 0.6) is 0 Å². The van der Waals surface area contributed by atoms with E-state index in [0.717, 1.165) is 24.9 Å². The van der Waals surface area contributed by atoms with Gasteiger partial charge in [0.1, 0.15) is 0 Å². The van der Waals surface area contributed by atoms with Crippen LogP contribution in [0.15, 0.2) is 0 Å². The summed E-state index contributed by atoms with van der Waals surface area (Å²) in [6.07, 6.45) is 5.72. The quantitative estimate of drug-likeness (QED) is 0.730. The summed E-state index contributed by atoms with van der Waals surface area (Å²) in [6, 6.07) is 0. The fourth-order valence-electron chi connectivity index (χ4n) is 2.74. The number of nitrogens with two attached hydrogens (primary N) is 1. The van der Waals surface area contributed by atoms with Gasteiger partial charge < -0.3 is 11.1 Å². The Labute approximate surface area is 101 Å². The van der Waals surface area contributed by atoms with Gasteiger partial charge in [-0.15, -0.1) is 0 Å². The highest BCUT2D eigenvalue weighted by molar-refractivity contribution is 4.75. The highest BCUT2D eigenvalue weighted by Crippen LogP contribution is 2.28. The summed E-state index contributed by atoms with van der Waals surface area (Å²) in [5.74, 6) is 3.15. The molecule has 96 valence electrons. The fourth-order valence-corrected chi connectivity index (χ4v) is 2.74. The summed E-state index contributed by atoms with van der Waals surface area (Å²) in [6.45, 7) is 10.0. The van der Waals surface area contributed by atoms with Gasteiger partial charge in [-0.1, -0.05) is 40.0 Å². The molecule has 0 saturated heterocycles. The molecular weight excluding hydrogens is 196 g/mol. The number of rotatable bonds is 6. The Morgan fingerprint density at radius 3 is 2.50 bits per heavy atom. The van der Waals surface area contributed by atoms with Gasteiger partial charge in [-0.2, -0.15) is 0 Å². The Hall–Kier alpha value is -0.0800. The van der Waals surface area contributed by atoms with Crippen molar-refractivity contribution in [1.82, 2.24) is 5.32 Å². The molecule has 3 atom stereocenters. The molecule has 1 rings (SSSR count). The van der Waals surface area contributed by atoms with Crippen molar-refractivity contribution >= 4 is 0 Å². The van der Waals surface area contributed by atoms with Crippen LogP contribution in [-0.4, -0.2) is 19.6 Å². The summed E-state index contributed by atoms with van der Waals surface area (Å²) in [4.78, 5) is 0. The summed E-state index contributed by atoms with van der Waals surface area (Å²) >= 11 is 0. The lowest BCUT2D eigenvalue weighted by atomic mass is 9.80. The maximum absolute atomic E-state index is 5.78. The molecule has 0 amide bonds. The third-order valence-electron chi connectivity index (χ3n) is 4.35. The van der Waals surface area contributed by atoms with E-state index in [4.69, 9.17) is 5.73 Å². The van der Waals surface area contributed by atoms with Gasteiger partial charge in [-0.05, 0) is 49.7 Å². The average molecular weight is 226 g/mol. The monoisotopic (exact) mass is 226 g/mol.